The Kier molecular flexibility index (Phi) is 10.6. The lowest BCUT2D eigenvalue weighted by atomic mass is 10.1. The Morgan fingerprint density at radius 2 is 1.71 bits per heavy atom. The van der Waals surface area contributed by atoms with Crippen LogP contribution in [-0.2, 0) is 4.84 Å². The van der Waals surface area contributed by atoms with Crippen LogP contribution in [0.5, 0.6) is 5.75 Å². The van der Waals surface area contributed by atoms with Crippen molar-refractivity contribution in [3.8, 4) is 5.75 Å². The van der Waals surface area contributed by atoms with Crippen molar-refractivity contribution in [1.29, 1.82) is 0 Å². The molecule has 0 radical (unpaired) electrons. The first kappa shape index (κ1) is 23.4. The summed E-state index contributed by atoms with van der Waals surface area (Å²) >= 11 is 0. The summed E-state index contributed by atoms with van der Waals surface area (Å²) in [5.41, 5.74) is 0.743. The highest BCUT2D eigenvalue weighted by atomic mass is 16.9. The zero-order chi connectivity index (χ0) is 20.9. The number of carbonyl (C=O) groups excluding carboxylic acids is 2. The molecule has 1 aliphatic heterocycles. The van der Waals surface area contributed by atoms with Crippen LogP contribution in [0.25, 0.3) is 0 Å². The van der Waals surface area contributed by atoms with Gasteiger partial charge in [0.25, 0.3) is 16.9 Å². The molecule has 1 aliphatic rings. The molecule has 0 saturated heterocycles. The van der Waals surface area contributed by atoms with Gasteiger partial charge in [0, 0.05) is 6.54 Å². The first-order chi connectivity index (χ1) is 13.5. The van der Waals surface area contributed by atoms with Gasteiger partial charge in [0.15, 0.2) is 0 Å². The summed E-state index contributed by atoms with van der Waals surface area (Å²) in [5, 5.41) is 12.3. The maximum absolute atomic E-state index is 12.3. The van der Waals surface area contributed by atoms with E-state index in [9.17, 15) is 19.7 Å². The van der Waals surface area contributed by atoms with Gasteiger partial charge in [-0.05, 0) is 57.5 Å². The zero-order valence-electron chi connectivity index (χ0n) is 16.7. The molecule has 1 aromatic rings. The lowest BCUT2D eigenvalue weighted by molar-refractivity contribution is -0.757. The Morgan fingerprint density at radius 1 is 1.04 bits per heavy atom. The number of amides is 2. The summed E-state index contributed by atoms with van der Waals surface area (Å²) in [6, 6.07) is 4.86. The standard InChI is InChI=1S/C15H18N2O6.C4H11N/c1-2-22-11-6-7-12-13(10-11)15(19)16(14(12)18)8-4-3-5-9-23-17(20)21;1-3-5-4-2/h6-7,10H,2-5,8-9H2,1H3;5H,3-4H2,1-2H3. The van der Waals surface area contributed by atoms with Crippen molar-refractivity contribution in [2.45, 2.75) is 40.0 Å². The predicted octanol–water partition coefficient (Wildman–Crippen LogP) is 2.68. The van der Waals surface area contributed by atoms with Crippen molar-refractivity contribution in [3.05, 3.63) is 39.4 Å². The number of benzene rings is 1. The number of nitrogens with zero attached hydrogens (tertiary/aromatic N) is 2. The first-order valence-electron chi connectivity index (χ1n) is 9.57. The van der Waals surface area contributed by atoms with E-state index >= 15 is 0 Å². The topological polar surface area (TPSA) is 111 Å². The minimum atomic E-state index is -0.833. The van der Waals surface area contributed by atoms with Crippen molar-refractivity contribution >= 4 is 11.8 Å². The van der Waals surface area contributed by atoms with Gasteiger partial charge in [-0.15, -0.1) is 10.1 Å². The highest BCUT2D eigenvalue weighted by Crippen LogP contribution is 2.27. The molecular formula is C19H29N3O6. The number of imide groups is 1. The Labute approximate surface area is 165 Å². The average Bonchev–Trinajstić information content (AvgIpc) is 2.90. The number of unbranched alkanes of at least 4 members (excludes halogenated alkanes) is 2. The van der Waals surface area contributed by atoms with Gasteiger partial charge in [0.2, 0.25) is 0 Å². The van der Waals surface area contributed by atoms with Crippen LogP contribution in [-0.4, -0.2) is 54.6 Å². The Bertz CT molecular complexity index is 663. The fourth-order valence-electron chi connectivity index (χ4n) is 2.67. The maximum atomic E-state index is 12.3. The fourth-order valence-corrected chi connectivity index (χ4v) is 2.67. The Balaban J connectivity index is 0.000000696. The summed E-state index contributed by atoms with van der Waals surface area (Å²) in [6.07, 6.45) is 1.70. The van der Waals surface area contributed by atoms with Crippen LogP contribution < -0.4 is 10.1 Å². The number of carbonyl (C=O) groups is 2. The molecule has 156 valence electrons. The maximum Gasteiger partial charge on any atom is 0.294 e. The SMILES string of the molecule is CCNCC.CCOc1ccc2c(c1)C(=O)N(CCCCCO[N+](=O)[O-])C2=O. The van der Waals surface area contributed by atoms with Gasteiger partial charge >= 0.3 is 0 Å². The van der Waals surface area contributed by atoms with E-state index in [1.807, 2.05) is 6.92 Å². The number of hydrogen-bond donors (Lipinski definition) is 1. The number of hydrogen-bond acceptors (Lipinski definition) is 7. The van der Waals surface area contributed by atoms with E-state index < -0.39 is 5.09 Å². The summed E-state index contributed by atoms with van der Waals surface area (Å²) < 4.78 is 5.34. The van der Waals surface area contributed by atoms with E-state index in [0.717, 1.165) is 13.1 Å². The second-order valence-electron chi connectivity index (χ2n) is 5.98. The summed E-state index contributed by atoms with van der Waals surface area (Å²) in [5.74, 6) is -0.0751. The molecule has 2 rings (SSSR count). The van der Waals surface area contributed by atoms with Crippen LogP contribution in [0.4, 0.5) is 0 Å². The minimum Gasteiger partial charge on any atom is -0.494 e. The Hall–Kier alpha value is -2.68. The molecule has 9 nitrogen and oxygen atoms in total. The van der Waals surface area contributed by atoms with Crippen LogP contribution in [0.2, 0.25) is 0 Å². The van der Waals surface area contributed by atoms with Crippen LogP contribution in [0, 0.1) is 10.1 Å². The van der Waals surface area contributed by atoms with Gasteiger partial charge in [-0.2, -0.15) is 0 Å². The van der Waals surface area contributed by atoms with Crippen molar-refractivity contribution < 1.29 is 24.3 Å². The summed E-state index contributed by atoms with van der Waals surface area (Å²) in [6.45, 7) is 9.02. The normalized spacial score (nSPS) is 12.3. The fraction of sp³-hybridized carbons (Fsp3) is 0.579. The third-order valence-electron chi connectivity index (χ3n) is 3.98. The molecule has 2 amide bonds. The smallest absolute Gasteiger partial charge is 0.294 e. The highest BCUT2D eigenvalue weighted by molar-refractivity contribution is 6.21. The third kappa shape index (κ3) is 7.15. The van der Waals surface area contributed by atoms with Crippen LogP contribution in [0.1, 0.15) is 60.7 Å². The molecule has 0 spiro atoms. The number of fused-ring (bicyclic) bond motifs is 1. The largest absolute Gasteiger partial charge is 0.494 e. The van der Waals surface area contributed by atoms with Gasteiger partial charge in [-0.3, -0.25) is 14.5 Å². The molecule has 0 aliphatic carbocycles. The molecule has 9 heteroatoms. The van der Waals surface area contributed by atoms with Gasteiger partial charge < -0.3 is 14.9 Å². The second-order valence-corrected chi connectivity index (χ2v) is 5.98. The molecule has 1 aromatic carbocycles. The van der Waals surface area contributed by atoms with Crippen molar-refractivity contribution in [2.24, 2.45) is 0 Å². The molecule has 0 bridgehead atoms. The molecule has 0 saturated carbocycles. The van der Waals surface area contributed by atoms with E-state index in [2.05, 4.69) is 24.0 Å². The molecule has 1 N–H and O–H groups in total. The van der Waals surface area contributed by atoms with Gasteiger partial charge in [0.1, 0.15) is 5.75 Å². The van der Waals surface area contributed by atoms with E-state index in [0.29, 0.717) is 42.7 Å². The second kappa shape index (κ2) is 12.7. The molecule has 0 fully saturated rings. The lowest BCUT2D eigenvalue weighted by Crippen LogP contribution is -2.30. The number of nitrogens with one attached hydrogen (secondary N) is 1. The van der Waals surface area contributed by atoms with Crippen LogP contribution in [0.15, 0.2) is 18.2 Å². The van der Waals surface area contributed by atoms with E-state index in [1.54, 1.807) is 18.2 Å². The molecule has 1 heterocycles. The summed E-state index contributed by atoms with van der Waals surface area (Å²) in [4.78, 5) is 40.0. The van der Waals surface area contributed by atoms with Gasteiger partial charge in [-0.1, -0.05) is 13.8 Å². The molecule has 0 aromatic heterocycles. The number of ether oxygens (including phenoxy) is 1. The predicted molar refractivity (Wildman–Crippen MR) is 104 cm³/mol. The van der Waals surface area contributed by atoms with Crippen LogP contribution >= 0.6 is 0 Å². The molecule has 0 atom stereocenters. The first-order valence-corrected chi connectivity index (χ1v) is 9.57. The van der Waals surface area contributed by atoms with Crippen molar-refractivity contribution in [1.82, 2.24) is 10.2 Å². The van der Waals surface area contributed by atoms with Crippen LogP contribution in [0.3, 0.4) is 0 Å². The van der Waals surface area contributed by atoms with E-state index in [-0.39, 0.29) is 25.0 Å². The minimum absolute atomic E-state index is 0.0207. The third-order valence-corrected chi connectivity index (χ3v) is 3.98. The zero-order valence-corrected chi connectivity index (χ0v) is 16.7. The lowest BCUT2D eigenvalue weighted by Gasteiger charge is -2.13. The molecular weight excluding hydrogens is 366 g/mol. The molecule has 0 unspecified atom stereocenters. The highest BCUT2D eigenvalue weighted by Gasteiger charge is 2.35. The monoisotopic (exact) mass is 395 g/mol. The number of rotatable bonds is 11. The van der Waals surface area contributed by atoms with Gasteiger partial charge in [0.05, 0.1) is 24.3 Å². The van der Waals surface area contributed by atoms with Crippen molar-refractivity contribution in [2.75, 3.05) is 32.8 Å². The average molecular weight is 395 g/mol. The quantitative estimate of drug-likeness (QED) is 0.265. The van der Waals surface area contributed by atoms with Crippen molar-refractivity contribution in [3.63, 3.8) is 0 Å². The van der Waals surface area contributed by atoms with E-state index in [1.165, 1.54) is 4.90 Å². The molecule has 28 heavy (non-hydrogen) atoms. The van der Waals surface area contributed by atoms with E-state index in [4.69, 9.17) is 4.74 Å². The van der Waals surface area contributed by atoms with Gasteiger partial charge in [-0.25, -0.2) is 0 Å². The summed E-state index contributed by atoms with van der Waals surface area (Å²) in [7, 11) is 0. The Morgan fingerprint density at radius 3 is 2.29 bits per heavy atom.